The first-order valence-electron chi connectivity index (χ1n) is 7.51. The van der Waals surface area contributed by atoms with Crippen LogP contribution in [-0.2, 0) is 4.74 Å². The van der Waals surface area contributed by atoms with Gasteiger partial charge in [0.25, 0.3) is 0 Å². The molecular weight excluding hydrogens is 226 g/mol. The number of hydrogen-bond acceptors (Lipinski definition) is 3. The fraction of sp³-hybridized carbons (Fsp3) is 1.00. The smallest absolute Gasteiger partial charge is 0.0610 e. The maximum atomic E-state index is 9.36. The molecule has 0 aliphatic rings. The van der Waals surface area contributed by atoms with E-state index >= 15 is 0 Å². The number of ether oxygens (including phenoxy) is 1. The number of rotatable bonds is 12. The lowest BCUT2D eigenvalue weighted by Crippen LogP contribution is -2.45. The van der Waals surface area contributed by atoms with E-state index in [4.69, 9.17) is 4.74 Å². The van der Waals surface area contributed by atoms with Crippen molar-refractivity contribution < 1.29 is 9.84 Å². The third-order valence-electron chi connectivity index (χ3n) is 3.40. The highest BCUT2D eigenvalue weighted by atomic mass is 16.5. The molecule has 0 fully saturated rings. The van der Waals surface area contributed by atoms with Crippen molar-refractivity contribution in [2.24, 2.45) is 5.92 Å². The molecule has 0 rings (SSSR count). The van der Waals surface area contributed by atoms with Gasteiger partial charge in [0.05, 0.1) is 6.61 Å². The van der Waals surface area contributed by atoms with Crippen molar-refractivity contribution in [1.82, 2.24) is 5.32 Å². The molecule has 0 radical (unpaired) electrons. The molecule has 0 aromatic heterocycles. The minimum absolute atomic E-state index is 0.121. The minimum Gasteiger partial charge on any atom is -0.394 e. The molecule has 0 heterocycles. The summed E-state index contributed by atoms with van der Waals surface area (Å²) < 4.78 is 5.67. The van der Waals surface area contributed by atoms with Gasteiger partial charge in [-0.2, -0.15) is 0 Å². The normalized spacial score (nSPS) is 16.5. The van der Waals surface area contributed by atoms with E-state index in [2.05, 4.69) is 33.0 Å². The van der Waals surface area contributed by atoms with Crippen molar-refractivity contribution >= 4 is 0 Å². The summed E-state index contributed by atoms with van der Waals surface area (Å²) in [6, 6.07) is 0. The third-order valence-corrected chi connectivity index (χ3v) is 3.40. The summed E-state index contributed by atoms with van der Waals surface area (Å²) in [6.45, 7) is 11.5. The Hall–Kier alpha value is -0.120. The van der Waals surface area contributed by atoms with Crippen molar-refractivity contribution in [2.75, 3.05) is 26.4 Å². The van der Waals surface area contributed by atoms with E-state index in [9.17, 15) is 5.11 Å². The maximum absolute atomic E-state index is 9.36. The molecule has 0 saturated heterocycles. The van der Waals surface area contributed by atoms with E-state index in [1.165, 1.54) is 12.8 Å². The van der Waals surface area contributed by atoms with Crippen molar-refractivity contribution in [3.8, 4) is 0 Å². The summed E-state index contributed by atoms with van der Waals surface area (Å²) in [7, 11) is 0. The van der Waals surface area contributed by atoms with Crippen molar-refractivity contribution in [3.05, 3.63) is 0 Å². The number of unbranched alkanes of at least 4 members (excludes halogenated alkanes) is 1. The highest BCUT2D eigenvalue weighted by Gasteiger charge is 2.20. The largest absolute Gasteiger partial charge is 0.394 e. The van der Waals surface area contributed by atoms with Crippen LogP contribution in [0.25, 0.3) is 0 Å². The first kappa shape index (κ1) is 17.9. The second-order valence-electron chi connectivity index (χ2n) is 5.67. The Morgan fingerprint density at radius 1 is 1.28 bits per heavy atom. The zero-order valence-corrected chi connectivity index (χ0v) is 12.8. The van der Waals surface area contributed by atoms with Gasteiger partial charge < -0.3 is 15.2 Å². The summed E-state index contributed by atoms with van der Waals surface area (Å²) in [5, 5.41) is 12.7. The first-order chi connectivity index (χ1) is 8.58. The minimum atomic E-state index is -0.121. The number of nitrogens with one attached hydrogen (secondary N) is 1. The molecule has 2 atom stereocenters. The molecule has 0 aliphatic heterocycles. The van der Waals surface area contributed by atoms with Gasteiger partial charge in [-0.05, 0) is 45.1 Å². The number of hydrogen-bond donors (Lipinski definition) is 2. The van der Waals surface area contributed by atoms with Crippen molar-refractivity contribution in [2.45, 2.75) is 65.3 Å². The zero-order valence-electron chi connectivity index (χ0n) is 12.8. The first-order valence-corrected chi connectivity index (χ1v) is 7.51. The maximum Gasteiger partial charge on any atom is 0.0610 e. The van der Waals surface area contributed by atoms with Crippen LogP contribution in [0, 0.1) is 5.92 Å². The Morgan fingerprint density at radius 2 is 2.00 bits per heavy atom. The van der Waals surface area contributed by atoms with E-state index in [0.717, 1.165) is 39.0 Å². The molecule has 0 bridgehead atoms. The topological polar surface area (TPSA) is 41.5 Å². The Labute approximate surface area is 113 Å². The van der Waals surface area contributed by atoms with E-state index in [1.54, 1.807) is 0 Å². The molecule has 3 heteroatoms. The summed E-state index contributed by atoms with van der Waals surface area (Å²) in [4.78, 5) is 0. The quantitative estimate of drug-likeness (QED) is 0.529. The van der Waals surface area contributed by atoms with Crippen LogP contribution in [0.3, 0.4) is 0 Å². The van der Waals surface area contributed by atoms with E-state index in [0.29, 0.717) is 5.92 Å². The SMILES string of the molecule is CCCC(C)COCCCCC(C)(CO)NCC. The second kappa shape index (κ2) is 10.8. The predicted molar refractivity (Wildman–Crippen MR) is 77.9 cm³/mol. The number of aliphatic hydroxyl groups is 1. The molecule has 18 heavy (non-hydrogen) atoms. The Morgan fingerprint density at radius 3 is 2.56 bits per heavy atom. The number of likely N-dealkylation sites (N-methyl/N-ethyl adjacent to an activating group) is 1. The van der Waals surface area contributed by atoms with Gasteiger partial charge in [-0.1, -0.05) is 27.2 Å². The molecule has 110 valence electrons. The average Bonchev–Trinajstić information content (AvgIpc) is 2.34. The second-order valence-corrected chi connectivity index (χ2v) is 5.67. The highest BCUT2D eigenvalue weighted by molar-refractivity contribution is 4.81. The fourth-order valence-corrected chi connectivity index (χ4v) is 2.23. The molecule has 0 amide bonds. The van der Waals surface area contributed by atoms with Crippen molar-refractivity contribution in [3.63, 3.8) is 0 Å². The van der Waals surface area contributed by atoms with E-state index in [-0.39, 0.29) is 12.1 Å². The van der Waals surface area contributed by atoms with Crippen LogP contribution in [0.1, 0.15) is 59.8 Å². The molecule has 0 spiro atoms. The van der Waals surface area contributed by atoms with Gasteiger partial charge >= 0.3 is 0 Å². The van der Waals surface area contributed by atoms with E-state index < -0.39 is 0 Å². The standard InChI is InChI=1S/C15H33NO2/c1-5-9-14(3)12-18-11-8-7-10-15(4,13-17)16-6-2/h14,16-17H,5-13H2,1-4H3. The van der Waals surface area contributed by atoms with Crippen LogP contribution in [0.4, 0.5) is 0 Å². The number of aliphatic hydroxyl groups excluding tert-OH is 1. The molecule has 3 nitrogen and oxygen atoms in total. The zero-order chi connectivity index (χ0) is 13.9. The van der Waals surface area contributed by atoms with Crippen LogP contribution < -0.4 is 5.32 Å². The van der Waals surface area contributed by atoms with Gasteiger partial charge in [0.15, 0.2) is 0 Å². The highest BCUT2D eigenvalue weighted by Crippen LogP contribution is 2.13. The lowest BCUT2D eigenvalue weighted by atomic mass is 9.96. The Balaban J connectivity index is 3.49. The van der Waals surface area contributed by atoms with Gasteiger partial charge in [-0.25, -0.2) is 0 Å². The van der Waals surface area contributed by atoms with Gasteiger partial charge in [-0.3, -0.25) is 0 Å². The summed E-state index contributed by atoms with van der Waals surface area (Å²) in [6.07, 6.45) is 5.68. The molecule has 2 unspecified atom stereocenters. The van der Waals surface area contributed by atoms with Crippen LogP contribution >= 0.6 is 0 Å². The summed E-state index contributed by atoms with van der Waals surface area (Å²) in [5.74, 6) is 0.680. The summed E-state index contributed by atoms with van der Waals surface area (Å²) >= 11 is 0. The molecule has 0 aliphatic carbocycles. The van der Waals surface area contributed by atoms with E-state index in [1.807, 2.05) is 0 Å². The third kappa shape index (κ3) is 8.90. The van der Waals surface area contributed by atoms with Crippen molar-refractivity contribution in [1.29, 1.82) is 0 Å². The molecule has 0 aromatic carbocycles. The van der Waals surface area contributed by atoms with Crippen LogP contribution in [0.5, 0.6) is 0 Å². The molecule has 0 saturated carbocycles. The molecule has 0 aromatic rings. The van der Waals surface area contributed by atoms with Gasteiger partial charge in [0.1, 0.15) is 0 Å². The van der Waals surface area contributed by atoms with Gasteiger partial charge in [0.2, 0.25) is 0 Å². The molecule has 2 N–H and O–H groups in total. The predicted octanol–water partition coefficient (Wildman–Crippen LogP) is 2.97. The van der Waals surface area contributed by atoms with Crippen LogP contribution in [0.15, 0.2) is 0 Å². The average molecular weight is 259 g/mol. The van der Waals surface area contributed by atoms with Gasteiger partial charge in [-0.15, -0.1) is 0 Å². The Kier molecular flexibility index (Phi) is 10.7. The monoisotopic (exact) mass is 259 g/mol. The van der Waals surface area contributed by atoms with Crippen LogP contribution in [-0.4, -0.2) is 37.0 Å². The fourth-order valence-electron chi connectivity index (χ4n) is 2.23. The summed E-state index contributed by atoms with van der Waals surface area (Å²) in [5.41, 5.74) is -0.121. The molecular formula is C15H33NO2. The lowest BCUT2D eigenvalue weighted by Gasteiger charge is -2.28. The Bertz CT molecular complexity index is 187. The van der Waals surface area contributed by atoms with Crippen LogP contribution in [0.2, 0.25) is 0 Å². The lowest BCUT2D eigenvalue weighted by molar-refractivity contribution is 0.0946. The van der Waals surface area contributed by atoms with Gasteiger partial charge in [0, 0.05) is 18.8 Å².